The molecular weight excluding hydrogens is 236 g/mol. The summed E-state index contributed by atoms with van der Waals surface area (Å²) in [5.41, 5.74) is 0.725. The second-order valence-corrected chi connectivity index (χ2v) is 3.75. The molecule has 0 bridgehead atoms. The van der Waals surface area contributed by atoms with Crippen LogP contribution in [0.3, 0.4) is 0 Å². The number of fused-ring (bicyclic) bond motifs is 1. The van der Waals surface area contributed by atoms with Crippen molar-refractivity contribution in [1.29, 1.82) is 0 Å². The zero-order chi connectivity index (χ0) is 13.0. The summed E-state index contributed by atoms with van der Waals surface area (Å²) in [6, 6.07) is 7.04. The minimum Gasteiger partial charge on any atom is -0.478 e. The van der Waals surface area contributed by atoms with E-state index in [2.05, 4.69) is 0 Å². The van der Waals surface area contributed by atoms with Gasteiger partial charge in [-0.05, 0) is 6.07 Å². The molecule has 0 radical (unpaired) electrons. The number of carboxylic acid groups (broad SMARTS) is 1. The van der Waals surface area contributed by atoms with Crippen LogP contribution in [0.2, 0.25) is 0 Å². The molecule has 0 unspecified atom stereocenters. The van der Waals surface area contributed by atoms with E-state index in [1.807, 2.05) is 0 Å². The van der Waals surface area contributed by atoms with E-state index in [0.717, 1.165) is 0 Å². The molecule has 0 aliphatic heterocycles. The maximum Gasteiger partial charge on any atom is 0.340 e. The number of hydrogen-bond donors (Lipinski definition) is 1. The lowest BCUT2D eigenvalue weighted by atomic mass is 10.1. The average molecular weight is 250 g/mol. The molecule has 1 aromatic carbocycles. The fourth-order valence-corrected chi connectivity index (χ4v) is 1.74. The highest BCUT2D eigenvalue weighted by atomic mass is 16.5. The number of para-hydroxylation sites is 1. The lowest BCUT2D eigenvalue weighted by Crippen LogP contribution is -2.05. The first-order chi connectivity index (χ1) is 8.74. The van der Waals surface area contributed by atoms with Gasteiger partial charge < -0.3 is 19.0 Å². The van der Waals surface area contributed by atoms with Crippen LogP contribution in [0.4, 0.5) is 0 Å². The Bertz CT molecular complexity index is 543. The fraction of sp³-hybridized carbons (Fsp3) is 0.308. The molecule has 5 nitrogen and oxygen atoms in total. The van der Waals surface area contributed by atoms with Crippen LogP contribution < -0.4 is 0 Å². The molecule has 1 aromatic heterocycles. The molecule has 0 fully saturated rings. The van der Waals surface area contributed by atoms with Crippen molar-refractivity contribution in [1.82, 2.24) is 0 Å². The SMILES string of the molecule is COCCOCc1oc2ccccc2c1C(=O)O. The van der Waals surface area contributed by atoms with Crippen LogP contribution >= 0.6 is 0 Å². The zero-order valence-electron chi connectivity index (χ0n) is 10.0. The smallest absolute Gasteiger partial charge is 0.340 e. The summed E-state index contributed by atoms with van der Waals surface area (Å²) in [6.07, 6.45) is 0. The number of benzene rings is 1. The van der Waals surface area contributed by atoms with Gasteiger partial charge in [0, 0.05) is 12.5 Å². The molecule has 2 rings (SSSR count). The first-order valence-corrected chi connectivity index (χ1v) is 5.54. The highest BCUT2D eigenvalue weighted by molar-refractivity contribution is 6.03. The molecule has 0 saturated heterocycles. The van der Waals surface area contributed by atoms with E-state index in [-0.39, 0.29) is 12.2 Å². The second kappa shape index (κ2) is 5.66. The van der Waals surface area contributed by atoms with Gasteiger partial charge in [0.25, 0.3) is 0 Å². The monoisotopic (exact) mass is 250 g/mol. The van der Waals surface area contributed by atoms with Crippen LogP contribution in [-0.4, -0.2) is 31.4 Å². The Morgan fingerprint density at radius 3 is 2.83 bits per heavy atom. The normalized spacial score (nSPS) is 10.9. The highest BCUT2D eigenvalue weighted by Crippen LogP contribution is 2.26. The standard InChI is InChI=1S/C13H14O5/c1-16-6-7-17-8-11-12(13(14)15)9-4-2-3-5-10(9)18-11/h2-5H,6-8H2,1H3,(H,14,15). The molecule has 5 heteroatoms. The lowest BCUT2D eigenvalue weighted by Gasteiger charge is -2.01. The van der Waals surface area contributed by atoms with Gasteiger partial charge in [-0.1, -0.05) is 18.2 Å². The quantitative estimate of drug-likeness (QED) is 0.796. The Balaban J connectivity index is 2.25. The van der Waals surface area contributed by atoms with Gasteiger partial charge in [-0.2, -0.15) is 0 Å². The number of rotatable bonds is 6. The van der Waals surface area contributed by atoms with Gasteiger partial charge in [-0.15, -0.1) is 0 Å². The Kier molecular flexibility index (Phi) is 3.96. The van der Waals surface area contributed by atoms with Crippen LogP contribution in [0.1, 0.15) is 16.1 Å². The van der Waals surface area contributed by atoms with Crippen molar-refractivity contribution >= 4 is 16.9 Å². The van der Waals surface area contributed by atoms with Gasteiger partial charge in [-0.3, -0.25) is 0 Å². The molecule has 0 amide bonds. The summed E-state index contributed by atoms with van der Waals surface area (Å²) >= 11 is 0. The number of aromatic carboxylic acids is 1. The molecule has 0 spiro atoms. The largest absolute Gasteiger partial charge is 0.478 e. The topological polar surface area (TPSA) is 68.9 Å². The molecule has 2 aromatic rings. The number of hydrogen-bond acceptors (Lipinski definition) is 4. The average Bonchev–Trinajstić information content (AvgIpc) is 2.73. The summed E-state index contributed by atoms with van der Waals surface area (Å²) < 4.78 is 15.6. The molecule has 18 heavy (non-hydrogen) atoms. The minimum atomic E-state index is -1.01. The third-order valence-electron chi connectivity index (χ3n) is 2.55. The Morgan fingerprint density at radius 2 is 2.11 bits per heavy atom. The van der Waals surface area contributed by atoms with Crippen LogP contribution in [0.5, 0.6) is 0 Å². The Labute approximate surface area is 104 Å². The predicted octanol–water partition coefficient (Wildman–Crippen LogP) is 2.29. The third-order valence-corrected chi connectivity index (χ3v) is 2.55. The van der Waals surface area contributed by atoms with E-state index in [9.17, 15) is 9.90 Å². The second-order valence-electron chi connectivity index (χ2n) is 3.75. The van der Waals surface area contributed by atoms with E-state index >= 15 is 0 Å². The zero-order valence-corrected chi connectivity index (χ0v) is 10.0. The molecular formula is C13H14O5. The van der Waals surface area contributed by atoms with Crippen LogP contribution in [0, 0.1) is 0 Å². The number of methoxy groups -OCH3 is 1. The molecule has 96 valence electrons. The van der Waals surface area contributed by atoms with Crippen molar-refractivity contribution in [3.63, 3.8) is 0 Å². The van der Waals surface area contributed by atoms with Crippen molar-refractivity contribution < 1.29 is 23.8 Å². The number of furan rings is 1. The maximum absolute atomic E-state index is 11.2. The van der Waals surface area contributed by atoms with Crippen LogP contribution in [-0.2, 0) is 16.1 Å². The molecule has 1 heterocycles. The van der Waals surface area contributed by atoms with Gasteiger partial charge in [0.15, 0.2) is 0 Å². The maximum atomic E-state index is 11.2. The molecule has 0 saturated carbocycles. The van der Waals surface area contributed by atoms with E-state index in [1.54, 1.807) is 31.4 Å². The number of carbonyl (C=O) groups is 1. The van der Waals surface area contributed by atoms with Crippen LogP contribution in [0.25, 0.3) is 11.0 Å². The van der Waals surface area contributed by atoms with Gasteiger partial charge >= 0.3 is 5.97 Å². The lowest BCUT2D eigenvalue weighted by molar-refractivity contribution is 0.0522. The van der Waals surface area contributed by atoms with Crippen molar-refractivity contribution in [2.24, 2.45) is 0 Å². The summed E-state index contributed by atoms with van der Waals surface area (Å²) in [7, 11) is 1.58. The first kappa shape index (κ1) is 12.6. The highest BCUT2D eigenvalue weighted by Gasteiger charge is 2.19. The first-order valence-electron chi connectivity index (χ1n) is 5.54. The molecule has 0 atom stereocenters. The van der Waals surface area contributed by atoms with E-state index < -0.39 is 5.97 Å². The summed E-state index contributed by atoms with van der Waals surface area (Å²) in [5, 5.41) is 9.81. The van der Waals surface area contributed by atoms with Gasteiger partial charge in [0.1, 0.15) is 23.5 Å². The molecule has 0 aliphatic carbocycles. The van der Waals surface area contributed by atoms with Crippen molar-refractivity contribution in [2.75, 3.05) is 20.3 Å². The van der Waals surface area contributed by atoms with Crippen molar-refractivity contribution in [3.8, 4) is 0 Å². The van der Waals surface area contributed by atoms with Gasteiger partial charge in [0.05, 0.1) is 13.2 Å². The van der Waals surface area contributed by atoms with E-state index in [4.69, 9.17) is 13.9 Å². The third kappa shape index (κ3) is 2.52. The fourth-order valence-electron chi connectivity index (χ4n) is 1.74. The van der Waals surface area contributed by atoms with E-state index in [0.29, 0.717) is 29.9 Å². The van der Waals surface area contributed by atoms with Gasteiger partial charge in [-0.25, -0.2) is 4.79 Å². The van der Waals surface area contributed by atoms with Crippen molar-refractivity contribution in [2.45, 2.75) is 6.61 Å². The van der Waals surface area contributed by atoms with Crippen LogP contribution in [0.15, 0.2) is 28.7 Å². The summed E-state index contributed by atoms with van der Waals surface area (Å²) in [6.45, 7) is 0.981. The van der Waals surface area contributed by atoms with Crippen molar-refractivity contribution in [3.05, 3.63) is 35.6 Å². The minimum absolute atomic E-state index is 0.125. The van der Waals surface area contributed by atoms with Gasteiger partial charge in [0.2, 0.25) is 0 Å². The Morgan fingerprint density at radius 1 is 1.33 bits per heavy atom. The molecule has 0 aliphatic rings. The van der Waals surface area contributed by atoms with E-state index in [1.165, 1.54) is 0 Å². The summed E-state index contributed by atoms with van der Waals surface area (Å²) in [5.74, 6) is -0.676. The molecule has 1 N–H and O–H groups in total. The Hall–Kier alpha value is -1.85. The number of carboxylic acids is 1. The number of ether oxygens (including phenoxy) is 2. The predicted molar refractivity (Wildman–Crippen MR) is 64.7 cm³/mol. The summed E-state index contributed by atoms with van der Waals surface area (Å²) in [4.78, 5) is 11.2.